The van der Waals surface area contributed by atoms with Crippen LogP contribution >= 0.6 is 69.6 Å². The highest BCUT2D eigenvalue weighted by atomic mass is 35.6. The minimum Gasteiger partial charge on any atom is -0.467 e. The van der Waals surface area contributed by atoms with E-state index in [1.165, 1.54) is 84.9 Å². The minimum absolute atomic E-state index is 0.00611. The third kappa shape index (κ3) is 25.1. The van der Waals surface area contributed by atoms with Crippen molar-refractivity contribution in [1.82, 2.24) is 16.0 Å². The van der Waals surface area contributed by atoms with Crippen LogP contribution in [0.3, 0.4) is 0 Å². The lowest BCUT2D eigenvalue weighted by molar-refractivity contribution is -0.369. The summed E-state index contributed by atoms with van der Waals surface area (Å²) in [6.45, 7) is 1.31. The van der Waals surface area contributed by atoms with Crippen molar-refractivity contribution < 1.29 is 157 Å². The fourth-order valence-corrected chi connectivity index (χ4v) is 12.0. The van der Waals surface area contributed by atoms with Crippen molar-refractivity contribution in [3.8, 4) is 0 Å². The highest BCUT2D eigenvalue weighted by Gasteiger charge is 2.63. The summed E-state index contributed by atoms with van der Waals surface area (Å²) >= 11 is 37.3. The summed E-state index contributed by atoms with van der Waals surface area (Å²) in [6, 6.07) is 25.1. The first-order valence-corrected chi connectivity index (χ1v) is 36.1. The maximum atomic E-state index is 15.1. The molecule has 20 atom stereocenters. The van der Waals surface area contributed by atoms with Gasteiger partial charge in [-0.05, 0) is 42.0 Å². The lowest BCUT2D eigenvalue weighted by atomic mass is 9.93. The molecule has 4 heterocycles. The van der Waals surface area contributed by atoms with E-state index >= 15 is 9.59 Å². The molecule has 3 amide bonds. The maximum absolute atomic E-state index is 15.1. The maximum Gasteiger partial charge on any atom is 0.407 e. The van der Waals surface area contributed by atoms with Crippen LogP contribution in [-0.2, 0) is 140 Å². The van der Waals surface area contributed by atoms with Gasteiger partial charge >= 0.3 is 65.8 Å². The van der Waals surface area contributed by atoms with Crippen LogP contribution in [0.25, 0.3) is 0 Å². The van der Waals surface area contributed by atoms with Crippen LogP contribution in [0.5, 0.6) is 0 Å². The summed E-state index contributed by atoms with van der Waals surface area (Å²) in [5, 5.41) is 20.0. The number of nitrogens with one attached hydrogen (secondary N) is 3. The first-order valence-electron chi connectivity index (χ1n) is 33.9. The number of esters is 10. The van der Waals surface area contributed by atoms with E-state index in [2.05, 4.69) is 16.0 Å². The quantitative estimate of drug-likeness (QED) is 0.0258. The number of hydrogen-bond acceptors (Lipinski definition) is 33. The Hall–Kier alpha value is -8.83. The van der Waals surface area contributed by atoms with E-state index in [1.807, 2.05) is 0 Å². The van der Waals surface area contributed by atoms with Gasteiger partial charge in [0.1, 0.15) is 68.5 Å². The van der Waals surface area contributed by atoms with E-state index in [0.29, 0.717) is 5.56 Å². The van der Waals surface area contributed by atoms with E-state index in [0.717, 1.165) is 48.8 Å². The van der Waals surface area contributed by atoms with Gasteiger partial charge in [0.25, 0.3) is 19.4 Å². The van der Waals surface area contributed by atoms with Gasteiger partial charge in [0.15, 0.2) is 74.0 Å². The summed E-state index contributed by atoms with van der Waals surface area (Å²) in [6.07, 6.45) is -42.1. The molecule has 0 unspecified atom stereocenters. The zero-order valence-electron chi connectivity index (χ0n) is 60.4. The number of halogens is 6. The van der Waals surface area contributed by atoms with Crippen molar-refractivity contribution in [3.05, 3.63) is 144 Å². The van der Waals surface area contributed by atoms with Gasteiger partial charge in [-0.25, -0.2) is 28.8 Å². The number of carbonyl (C=O) groups is 13. The second kappa shape index (κ2) is 41.5. The number of benzene rings is 4. The number of amides is 3. The zero-order chi connectivity index (χ0) is 82.6. The fraction of sp³-hybridized carbons (Fsp3) is 0.479. The minimum atomic E-state index is -3.06. The molecule has 4 aliphatic heterocycles. The van der Waals surface area contributed by atoms with Gasteiger partial charge in [-0.1, -0.05) is 155 Å². The molecule has 0 bridgehead atoms. The highest BCUT2D eigenvalue weighted by molar-refractivity contribution is 6.76. The number of ether oxygens (including phenoxy) is 19. The molecule has 4 aromatic carbocycles. The number of rotatable bonds is 29. The van der Waals surface area contributed by atoms with Crippen LogP contribution in [0, 0.1) is 0 Å². The molecule has 0 saturated carbocycles. The lowest BCUT2D eigenvalue weighted by Crippen LogP contribution is -2.72. The normalized spacial score (nSPS) is 27.5. The third-order valence-electron chi connectivity index (χ3n) is 16.6. The van der Waals surface area contributed by atoms with E-state index < -0.39 is 234 Å². The molecule has 4 aromatic rings. The third-order valence-corrected chi connectivity index (χ3v) is 17.6. The molecule has 113 heavy (non-hydrogen) atoms. The Morgan fingerprint density at radius 2 is 0.805 bits per heavy atom. The Morgan fingerprint density at radius 3 is 1.29 bits per heavy atom. The number of hydrogen-bond donors (Lipinski definition) is 4. The zero-order valence-corrected chi connectivity index (χ0v) is 64.9. The molecule has 42 heteroatoms. The predicted octanol–water partition coefficient (Wildman–Crippen LogP) is 4.00. The summed E-state index contributed by atoms with van der Waals surface area (Å²) in [7, 11) is 1.67. The van der Waals surface area contributed by atoms with Crippen molar-refractivity contribution in [2.45, 2.75) is 172 Å². The van der Waals surface area contributed by atoms with E-state index in [4.69, 9.17) is 160 Å². The topological polar surface area (TPSA) is 454 Å². The average Bonchev–Trinajstić information content (AvgIpc) is 0.752. The number of carbonyl (C=O) groups excluding carboxylic acids is 13. The Morgan fingerprint density at radius 1 is 0.407 bits per heavy atom. The summed E-state index contributed by atoms with van der Waals surface area (Å²) in [5.41, 5.74) is 0.0747. The molecule has 0 aliphatic carbocycles. The first-order chi connectivity index (χ1) is 53.6. The van der Waals surface area contributed by atoms with Gasteiger partial charge in [0.05, 0.1) is 37.5 Å². The molecule has 0 aromatic heterocycles. The fourth-order valence-electron chi connectivity index (χ4n) is 11.7. The summed E-state index contributed by atoms with van der Waals surface area (Å²) in [5.74, 6) is -15.4. The number of aliphatic hydroxyl groups is 1. The number of alkyl halides is 6. The first kappa shape index (κ1) is 89.7. The van der Waals surface area contributed by atoms with E-state index in [-0.39, 0.29) is 23.3 Å². The van der Waals surface area contributed by atoms with E-state index in [9.17, 15) is 57.8 Å². The average molecular weight is 1710 g/mol. The predicted molar refractivity (Wildman–Crippen MR) is 381 cm³/mol. The van der Waals surface area contributed by atoms with Gasteiger partial charge in [-0.15, -0.1) is 0 Å². The van der Waals surface area contributed by atoms with Crippen LogP contribution in [-0.4, -0.2) is 254 Å². The highest BCUT2D eigenvalue weighted by Crippen LogP contribution is 2.41. The van der Waals surface area contributed by atoms with Crippen molar-refractivity contribution in [2.75, 3.05) is 40.6 Å². The molecule has 4 N–H and O–H groups in total. The Balaban J connectivity index is 1.33. The van der Waals surface area contributed by atoms with Gasteiger partial charge in [-0.2, -0.15) is 0 Å². The van der Waals surface area contributed by atoms with Gasteiger partial charge in [0, 0.05) is 41.2 Å². The molecular formula is C71H75Cl6N3O33. The smallest absolute Gasteiger partial charge is 0.407 e. The van der Waals surface area contributed by atoms with Crippen LogP contribution in [0.1, 0.15) is 71.3 Å². The number of methoxy groups -OCH3 is 2. The molecule has 4 aliphatic rings. The van der Waals surface area contributed by atoms with Crippen LogP contribution < -0.4 is 16.0 Å². The Kier molecular flexibility index (Phi) is 32.9. The van der Waals surface area contributed by atoms with Gasteiger partial charge < -0.3 is 111 Å². The van der Waals surface area contributed by atoms with Gasteiger partial charge in [-0.3, -0.25) is 33.6 Å². The van der Waals surface area contributed by atoms with Crippen LogP contribution in [0.4, 0.5) is 4.79 Å². The second-order valence-corrected chi connectivity index (χ2v) is 29.2. The SMILES string of the molecule is COC(=O)[C@H]1O[C@@H](O[C@@H]2[C@@H](NC(=O)C(Cl)(Cl)Cl)[C@H](O[C@H]3[C@H](OC(=O)c4ccccc4)[C@@H](OC(=O)c4ccccc4)[C@H](O[C@H]4[C@@H](O)[C@@H](COC(=O)c5ccccc5)O[C@@H](OCCNC(=O)OCc5ccccc5)[C@@H]4NC(=O)C(Cl)(Cl)Cl)O[C@@H]3C(=O)OC)O[C@H](COC(C)=O)[C@@H]2OC(C)=O)[C@H](OC(C)=O)[C@@H](OC(C)=O)[C@@H]1OC(C)=O. The van der Waals surface area contributed by atoms with Crippen molar-refractivity contribution in [2.24, 2.45) is 0 Å². The monoisotopic (exact) mass is 1710 g/mol. The van der Waals surface area contributed by atoms with Crippen LogP contribution in [0.2, 0.25) is 0 Å². The molecular weight excluding hydrogens is 1640 g/mol. The van der Waals surface area contributed by atoms with E-state index in [1.54, 1.807) is 36.4 Å². The largest absolute Gasteiger partial charge is 0.467 e. The lowest BCUT2D eigenvalue weighted by Gasteiger charge is -2.51. The van der Waals surface area contributed by atoms with Crippen molar-refractivity contribution in [1.29, 1.82) is 0 Å². The molecule has 8 rings (SSSR count). The van der Waals surface area contributed by atoms with Crippen molar-refractivity contribution in [3.63, 3.8) is 0 Å². The summed E-state index contributed by atoms with van der Waals surface area (Å²) in [4.78, 5) is 180. The van der Waals surface area contributed by atoms with Crippen LogP contribution in [0.15, 0.2) is 121 Å². The molecule has 614 valence electrons. The molecule has 36 nitrogen and oxygen atoms in total. The number of alkyl carbamates (subject to hydrolysis) is 1. The molecule has 4 fully saturated rings. The second-order valence-electron chi connectivity index (χ2n) is 24.7. The molecule has 0 spiro atoms. The number of aliphatic hydroxyl groups excluding tert-OH is 1. The Labute approximate surface area is 672 Å². The van der Waals surface area contributed by atoms with Gasteiger partial charge in [0.2, 0.25) is 0 Å². The summed E-state index contributed by atoms with van der Waals surface area (Å²) < 4.78 is 107. The molecule has 0 radical (unpaired) electrons. The Bertz CT molecular complexity index is 3980. The molecule has 4 saturated heterocycles. The van der Waals surface area contributed by atoms with Crippen molar-refractivity contribution >= 4 is 147 Å². The standard InChI is InChI=1S/C71H75Cl6N3O33/c1-33(81)98-32-43-47(101-34(2)82)49(110-65-56(104-37(5)85)52(103-36(4)84)50(102-35(3)83)54(112-65)61(90)95-6)45(80-68(93)71(75,76)77)64(106-43)111-51-53(107-59(88)40-24-16-10-17-25-40)57(108-60(89)41-26-18-11-19-27-41)66(113-55(51)62(91)96-7)109-48-44(79-67(92)70(72,73)74)63(97-29-28-78-69(94)100-30-38-20-12-8-13-21-38)105-42(46(48)86)31-99-58(87)39-22-14-9-15-23-39/h8-27,42-57,63-66,86H,28-32H2,1-7H3,(H,78,94)(H,79,92)(H,80,93)/t42-,43-,44-,45-,46+,47+,48-,49-,50+,51+,52+,53+,54+,55+,56-,57-,63-,64+,65-,66-/m1/s1.